The molecule has 0 spiro atoms. The largest absolute Gasteiger partial charge is 0.491 e. The first-order valence-corrected chi connectivity index (χ1v) is 9.59. The highest BCUT2D eigenvalue weighted by atomic mass is 16.5. The van der Waals surface area contributed by atoms with Crippen LogP contribution in [0, 0.1) is 0 Å². The van der Waals surface area contributed by atoms with Crippen molar-refractivity contribution >= 4 is 11.6 Å². The van der Waals surface area contributed by atoms with Gasteiger partial charge < -0.3 is 19.5 Å². The van der Waals surface area contributed by atoms with Gasteiger partial charge in [0.05, 0.1) is 6.10 Å². The van der Waals surface area contributed by atoms with E-state index in [0.29, 0.717) is 30.2 Å². The van der Waals surface area contributed by atoms with Crippen molar-refractivity contribution in [3.63, 3.8) is 0 Å². The zero-order valence-corrected chi connectivity index (χ0v) is 16.6. The van der Waals surface area contributed by atoms with E-state index in [2.05, 4.69) is 5.32 Å². The average Bonchev–Trinajstić information content (AvgIpc) is 2.73. The van der Waals surface area contributed by atoms with Crippen LogP contribution in [0.2, 0.25) is 0 Å². The number of hydrogen-bond acceptors (Lipinski definition) is 4. The van der Waals surface area contributed by atoms with Crippen molar-refractivity contribution < 1.29 is 19.0 Å². The Bertz CT molecular complexity index is 890. The fourth-order valence-electron chi connectivity index (χ4n) is 2.63. The van der Waals surface area contributed by atoms with E-state index in [4.69, 9.17) is 14.2 Å². The van der Waals surface area contributed by atoms with Gasteiger partial charge >= 0.3 is 0 Å². The van der Waals surface area contributed by atoms with Crippen LogP contribution < -0.4 is 19.5 Å². The lowest BCUT2D eigenvalue weighted by atomic mass is 10.2. The van der Waals surface area contributed by atoms with Crippen LogP contribution in [0.4, 0.5) is 5.69 Å². The lowest BCUT2D eigenvalue weighted by molar-refractivity contribution is 0.102. The van der Waals surface area contributed by atoms with E-state index in [1.54, 1.807) is 24.3 Å². The van der Waals surface area contributed by atoms with Gasteiger partial charge in [0.15, 0.2) is 0 Å². The topological polar surface area (TPSA) is 56.8 Å². The molecule has 0 radical (unpaired) electrons. The van der Waals surface area contributed by atoms with Crippen molar-refractivity contribution in [2.24, 2.45) is 0 Å². The molecule has 0 aliphatic carbocycles. The van der Waals surface area contributed by atoms with Crippen molar-refractivity contribution in [2.75, 3.05) is 18.5 Å². The van der Waals surface area contributed by atoms with Crippen LogP contribution in [0.15, 0.2) is 78.9 Å². The van der Waals surface area contributed by atoms with E-state index >= 15 is 0 Å². The lowest BCUT2D eigenvalue weighted by Gasteiger charge is -2.11. The molecular formula is C24H25NO4. The van der Waals surface area contributed by atoms with E-state index in [1.807, 2.05) is 68.4 Å². The fraction of sp³-hybridized carbons (Fsp3) is 0.208. The SMILES string of the molecule is CC(C)Oc1ccc(NC(=O)c2ccc(OCCOc3ccccc3)cc2)cc1. The number of anilines is 1. The third-order valence-corrected chi connectivity index (χ3v) is 3.96. The van der Waals surface area contributed by atoms with E-state index < -0.39 is 0 Å². The summed E-state index contributed by atoms with van der Waals surface area (Å²) in [6.45, 7) is 4.81. The third kappa shape index (κ3) is 6.57. The molecule has 150 valence electrons. The van der Waals surface area contributed by atoms with Gasteiger partial charge in [0, 0.05) is 11.3 Å². The molecule has 3 aromatic rings. The van der Waals surface area contributed by atoms with Gasteiger partial charge in [-0.25, -0.2) is 0 Å². The van der Waals surface area contributed by atoms with Gasteiger partial charge in [-0.1, -0.05) is 18.2 Å². The smallest absolute Gasteiger partial charge is 0.255 e. The summed E-state index contributed by atoms with van der Waals surface area (Å²) in [7, 11) is 0. The summed E-state index contributed by atoms with van der Waals surface area (Å²) in [4.78, 5) is 12.4. The zero-order chi connectivity index (χ0) is 20.5. The number of carbonyl (C=O) groups excluding carboxylic acids is 1. The second-order valence-corrected chi connectivity index (χ2v) is 6.68. The summed E-state index contributed by atoms with van der Waals surface area (Å²) in [5, 5.41) is 2.87. The second-order valence-electron chi connectivity index (χ2n) is 6.68. The fourth-order valence-corrected chi connectivity index (χ4v) is 2.63. The Kier molecular flexibility index (Phi) is 7.11. The minimum Gasteiger partial charge on any atom is -0.491 e. The molecule has 3 rings (SSSR count). The van der Waals surface area contributed by atoms with Crippen LogP contribution in [0.5, 0.6) is 17.2 Å². The molecule has 29 heavy (non-hydrogen) atoms. The van der Waals surface area contributed by atoms with E-state index in [1.165, 1.54) is 0 Å². The quantitative estimate of drug-likeness (QED) is 0.511. The second kappa shape index (κ2) is 10.2. The number of ether oxygens (including phenoxy) is 3. The molecule has 3 aromatic carbocycles. The Labute approximate surface area is 171 Å². The maximum Gasteiger partial charge on any atom is 0.255 e. The summed E-state index contributed by atoms with van der Waals surface area (Å²) in [6.07, 6.45) is 0.112. The monoisotopic (exact) mass is 391 g/mol. The molecule has 0 saturated heterocycles. The van der Waals surface area contributed by atoms with Crippen LogP contribution in [0.3, 0.4) is 0 Å². The summed E-state index contributed by atoms with van der Waals surface area (Å²) in [5.74, 6) is 2.09. The number of rotatable bonds is 9. The van der Waals surface area contributed by atoms with Crippen molar-refractivity contribution in [3.8, 4) is 17.2 Å². The molecule has 0 aliphatic rings. The Morgan fingerprint density at radius 1 is 0.759 bits per heavy atom. The van der Waals surface area contributed by atoms with Gasteiger partial charge in [-0.2, -0.15) is 0 Å². The predicted molar refractivity (Wildman–Crippen MR) is 114 cm³/mol. The normalized spacial score (nSPS) is 10.4. The van der Waals surface area contributed by atoms with Crippen molar-refractivity contribution in [1.82, 2.24) is 0 Å². The molecule has 0 fully saturated rings. The van der Waals surface area contributed by atoms with Crippen LogP contribution in [0.25, 0.3) is 0 Å². The maximum absolute atomic E-state index is 12.4. The van der Waals surface area contributed by atoms with Gasteiger partial charge in [0.1, 0.15) is 30.5 Å². The van der Waals surface area contributed by atoms with Gasteiger partial charge in [-0.15, -0.1) is 0 Å². The Morgan fingerprint density at radius 3 is 1.90 bits per heavy atom. The minimum absolute atomic E-state index is 0.112. The number of para-hydroxylation sites is 1. The van der Waals surface area contributed by atoms with Crippen molar-refractivity contribution in [1.29, 1.82) is 0 Å². The molecular weight excluding hydrogens is 366 g/mol. The number of carbonyl (C=O) groups is 1. The summed E-state index contributed by atoms with van der Waals surface area (Å²) >= 11 is 0. The van der Waals surface area contributed by atoms with Crippen LogP contribution >= 0.6 is 0 Å². The first kappa shape index (κ1) is 20.3. The molecule has 0 unspecified atom stereocenters. The van der Waals surface area contributed by atoms with Gasteiger partial charge in [-0.3, -0.25) is 4.79 Å². The molecule has 0 bridgehead atoms. The van der Waals surface area contributed by atoms with E-state index in [-0.39, 0.29) is 12.0 Å². The van der Waals surface area contributed by atoms with Crippen LogP contribution in [0.1, 0.15) is 24.2 Å². The van der Waals surface area contributed by atoms with Gasteiger partial charge in [-0.05, 0) is 74.5 Å². The Hall–Kier alpha value is -3.47. The summed E-state index contributed by atoms with van der Waals surface area (Å²) in [5.41, 5.74) is 1.27. The Morgan fingerprint density at radius 2 is 1.31 bits per heavy atom. The highest BCUT2D eigenvalue weighted by Crippen LogP contribution is 2.18. The lowest BCUT2D eigenvalue weighted by Crippen LogP contribution is -2.12. The van der Waals surface area contributed by atoms with Gasteiger partial charge in [0.25, 0.3) is 5.91 Å². The van der Waals surface area contributed by atoms with Crippen molar-refractivity contribution in [2.45, 2.75) is 20.0 Å². The maximum atomic E-state index is 12.4. The number of nitrogens with one attached hydrogen (secondary N) is 1. The molecule has 0 saturated carbocycles. The van der Waals surface area contributed by atoms with Crippen molar-refractivity contribution in [3.05, 3.63) is 84.4 Å². The van der Waals surface area contributed by atoms with Crippen LogP contribution in [-0.2, 0) is 0 Å². The average molecular weight is 391 g/mol. The van der Waals surface area contributed by atoms with Crippen LogP contribution in [-0.4, -0.2) is 25.2 Å². The van der Waals surface area contributed by atoms with E-state index in [9.17, 15) is 4.79 Å². The van der Waals surface area contributed by atoms with Gasteiger partial charge in [0.2, 0.25) is 0 Å². The predicted octanol–water partition coefficient (Wildman–Crippen LogP) is 5.18. The molecule has 0 heterocycles. The minimum atomic E-state index is -0.179. The highest BCUT2D eigenvalue weighted by Gasteiger charge is 2.07. The molecule has 5 heteroatoms. The first-order valence-electron chi connectivity index (χ1n) is 9.59. The molecule has 0 atom stereocenters. The standard InChI is InChI=1S/C24H25NO4/c1-18(2)29-23-14-10-20(11-15-23)25-24(26)19-8-12-22(13-9-19)28-17-16-27-21-6-4-3-5-7-21/h3-15,18H,16-17H2,1-2H3,(H,25,26). The molecule has 0 aliphatic heterocycles. The number of benzene rings is 3. The number of amides is 1. The van der Waals surface area contributed by atoms with E-state index in [0.717, 1.165) is 11.5 Å². The highest BCUT2D eigenvalue weighted by molar-refractivity contribution is 6.04. The summed E-state index contributed by atoms with van der Waals surface area (Å²) < 4.78 is 16.8. The Balaban J connectivity index is 1.45. The third-order valence-electron chi connectivity index (χ3n) is 3.96. The number of hydrogen-bond donors (Lipinski definition) is 1. The molecule has 1 amide bonds. The first-order chi connectivity index (χ1) is 14.1. The molecule has 0 aromatic heterocycles. The summed E-state index contributed by atoms with van der Waals surface area (Å²) in [6, 6.07) is 23.9. The molecule has 1 N–H and O–H groups in total. The molecule has 5 nitrogen and oxygen atoms in total. The zero-order valence-electron chi connectivity index (χ0n) is 16.6.